The van der Waals surface area contributed by atoms with Crippen LogP contribution in [0.3, 0.4) is 0 Å². The number of aromatic nitrogens is 2. The third-order valence-corrected chi connectivity index (χ3v) is 3.78. The number of hydrogen-bond acceptors (Lipinski definition) is 1. The topological polar surface area (TPSA) is 17.8 Å². The molecule has 116 valence electrons. The zero-order chi connectivity index (χ0) is 16.0. The van der Waals surface area contributed by atoms with Crippen LogP contribution in [-0.4, -0.2) is 9.55 Å². The van der Waals surface area contributed by atoms with Crippen LogP contribution in [0.15, 0.2) is 18.2 Å². The van der Waals surface area contributed by atoms with Gasteiger partial charge in [-0.1, -0.05) is 26.8 Å². The van der Waals surface area contributed by atoms with E-state index < -0.39 is 0 Å². The Balaban J connectivity index is 2.71. The SMILES string of the molecule is CC(Cl)c1nc2c(F)cccc2n1C(C)(C)CC(C)(C)C. The Labute approximate surface area is 131 Å². The van der Waals surface area contributed by atoms with E-state index in [-0.39, 0.29) is 22.1 Å². The van der Waals surface area contributed by atoms with Gasteiger partial charge >= 0.3 is 0 Å². The summed E-state index contributed by atoms with van der Waals surface area (Å²) in [7, 11) is 0. The molecule has 0 fully saturated rings. The van der Waals surface area contributed by atoms with Crippen LogP contribution in [0.4, 0.5) is 4.39 Å². The van der Waals surface area contributed by atoms with Crippen molar-refractivity contribution in [1.82, 2.24) is 9.55 Å². The smallest absolute Gasteiger partial charge is 0.151 e. The van der Waals surface area contributed by atoms with Crippen molar-refractivity contribution >= 4 is 22.6 Å². The van der Waals surface area contributed by atoms with E-state index in [2.05, 4.69) is 44.2 Å². The lowest BCUT2D eigenvalue weighted by atomic mass is 9.81. The van der Waals surface area contributed by atoms with Gasteiger partial charge in [-0.2, -0.15) is 0 Å². The Kier molecular flexibility index (Phi) is 4.09. The molecule has 2 nitrogen and oxygen atoms in total. The first-order valence-electron chi connectivity index (χ1n) is 7.34. The summed E-state index contributed by atoms with van der Waals surface area (Å²) in [6, 6.07) is 5.09. The highest BCUT2D eigenvalue weighted by molar-refractivity contribution is 6.20. The van der Waals surface area contributed by atoms with E-state index in [9.17, 15) is 4.39 Å². The molecular weight excluding hydrogens is 287 g/mol. The van der Waals surface area contributed by atoms with Gasteiger partial charge in [0.1, 0.15) is 11.3 Å². The van der Waals surface area contributed by atoms with Gasteiger partial charge in [0.15, 0.2) is 5.82 Å². The molecule has 0 saturated heterocycles. The minimum absolute atomic E-state index is 0.153. The van der Waals surface area contributed by atoms with Crippen LogP contribution in [0.2, 0.25) is 0 Å². The van der Waals surface area contributed by atoms with Gasteiger partial charge in [-0.25, -0.2) is 9.37 Å². The molecule has 0 aliphatic heterocycles. The number of nitrogens with zero attached hydrogens (tertiary/aromatic N) is 2. The van der Waals surface area contributed by atoms with Gasteiger partial charge in [0, 0.05) is 5.54 Å². The normalized spacial score (nSPS) is 14.7. The quantitative estimate of drug-likeness (QED) is 0.670. The van der Waals surface area contributed by atoms with Crippen LogP contribution < -0.4 is 0 Å². The maximum Gasteiger partial charge on any atom is 0.151 e. The number of fused-ring (bicyclic) bond motifs is 1. The molecule has 0 bridgehead atoms. The molecule has 1 unspecified atom stereocenters. The fraction of sp³-hybridized carbons (Fsp3) is 0.588. The van der Waals surface area contributed by atoms with Gasteiger partial charge in [0.2, 0.25) is 0 Å². The maximum absolute atomic E-state index is 14.1. The molecule has 1 aromatic carbocycles. The lowest BCUT2D eigenvalue weighted by Crippen LogP contribution is -2.33. The summed E-state index contributed by atoms with van der Waals surface area (Å²) in [5.74, 6) is 0.433. The molecule has 1 atom stereocenters. The van der Waals surface area contributed by atoms with Crippen molar-refractivity contribution in [1.29, 1.82) is 0 Å². The van der Waals surface area contributed by atoms with Gasteiger partial charge in [-0.05, 0) is 44.7 Å². The zero-order valence-electron chi connectivity index (χ0n) is 13.7. The number of imidazole rings is 1. The Morgan fingerprint density at radius 2 is 1.86 bits per heavy atom. The molecule has 2 rings (SSSR count). The van der Waals surface area contributed by atoms with Crippen LogP contribution >= 0.6 is 11.6 Å². The van der Waals surface area contributed by atoms with Crippen molar-refractivity contribution in [2.75, 3.05) is 0 Å². The maximum atomic E-state index is 14.1. The lowest BCUT2D eigenvalue weighted by Gasteiger charge is -2.36. The first-order valence-corrected chi connectivity index (χ1v) is 7.78. The van der Waals surface area contributed by atoms with Crippen molar-refractivity contribution in [3.8, 4) is 0 Å². The molecule has 0 amide bonds. The largest absolute Gasteiger partial charge is 0.321 e. The monoisotopic (exact) mass is 310 g/mol. The van der Waals surface area contributed by atoms with E-state index in [4.69, 9.17) is 11.6 Å². The van der Waals surface area contributed by atoms with E-state index in [0.29, 0.717) is 5.52 Å². The summed E-state index contributed by atoms with van der Waals surface area (Å²) in [4.78, 5) is 4.46. The first-order chi connectivity index (χ1) is 9.53. The highest BCUT2D eigenvalue weighted by Crippen LogP contribution is 2.38. The van der Waals surface area contributed by atoms with E-state index in [0.717, 1.165) is 17.8 Å². The summed E-state index contributed by atoms with van der Waals surface area (Å²) in [6.45, 7) is 12.8. The molecule has 4 heteroatoms. The molecule has 1 heterocycles. The van der Waals surface area contributed by atoms with Crippen molar-refractivity contribution in [3.05, 3.63) is 29.8 Å². The van der Waals surface area contributed by atoms with Crippen LogP contribution in [0.5, 0.6) is 0 Å². The highest BCUT2D eigenvalue weighted by atomic mass is 35.5. The summed E-state index contributed by atoms with van der Waals surface area (Å²) in [6.07, 6.45) is 0.943. The number of para-hydroxylation sites is 1. The van der Waals surface area contributed by atoms with Crippen molar-refractivity contribution in [3.63, 3.8) is 0 Å². The van der Waals surface area contributed by atoms with Gasteiger partial charge < -0.3 is 4.57 Å². The van der Waals surface area contributed by atoms with E-state index in [1.165, 1.54) is 6.07 Å². The second-order valence-electron chi connectivity index (χ2n) is 7.58. The van der Waals surface area contributed by atoms with Gasteiger partial charge in [-0.3, -0.25) is 0 Å². The summed E-state index contributed by atoms with van der Waals surface area (Å²) < 4.78 is 16.2. The number of hydrogen-bond donors (Lipinski definition) is 0. The second-order valence-corrected chi connectivity index (χ2v) is 8.23. The van der Waals surface area contributed by atoms with Crippen LogP contribution in [0, 0.1) is 11.2 Å². The van der Waals surface area contributed by atoms with Crippen molar-refractivity contribution < 1.29 is 4.39 Å². The van der Waals surface area contributed by atoms with E-state index >= 15 is 0 Å². The van der Waals surface area contributed by atoms with Crippen LogP contribution in [-0.2, 0) is 5.54 Å². The number of alkyl halides is 1. The summed E-state index contributed by atoms with van der Waals surface area (Å²) >= 11 is 6.30. The molecule has 2 aromatic rings. The Morgan fingerprint density at radius 1 is 1.24 bits per heavy atom. The van der Waals surface area contributed by atoms with Gasteiger partial charge in [-0.15, -0.1) is 11.6 Å². The molecule has 1 aromatic heterocycles. The minimum Gasteiger partial charge on any atom is -0.321 e. The average molecular weight is 311 g/mol. The third-order valence-electron chi connectivity index (χ3n) is 3.59. The number of rotatable bonds is 3. The predicted octanol–water partition coefficient (Wildman–Crippen LogP) is 5.65. The molecule has 0 aliphatic rings. The first kappa shape index (κ1) is 16.3. The molecule has 0 saturated carbocycles. The lowest BCUT2D eigenvalue weighted by molar-refractivity contribution is 0.215. The van der Waals surface area contributed by atoms with Crippen molar-refractivity contribution in [2.45, 2.75) is 58.9 Å². The van der Waals surface area contributed by atoms with E-state index in [1.54, 1.807) is 6.07 Å². The molecule has 21 heavy (non-hydrogen) atoms. The van der Waals surface area contributed by atoms with Crippen LogP contribution in [0.25, 0.3) is 11.0 Å². The fourth-order valence-corrected chi connectivity index (χ4v) is 3.51. The second kappa shape index (κ2) is 5.28. The average Bonchev–Trinajstić information content (AvgIpc) is 2.67. The van der Waals surface area contributed by atoms with Gasteiger partial charge in [0.25, 0.3) is 0 Å². The molecular formula is C17H24ClFN2. The van der Waals surface area contributed by atoms with E-state index in [1.807, 2.05) is 13.0 Å². The van der Waals surface area contributed by atoms with Crippen molar-refractivity contribution in [2.24, 2.45) is 5.41 Å². The third kappa shape index (κ3) is 3.23. The predicted molar refractivity (Wildman–Crippen MR) is 87.4 cm³/mol. The number of halogens is 2. The number of benzene rings is 1. The van der Waals surface area contributed by atoms with Crippen LogP contribution in [0.1, 0.15) is 59.2 Å². The summed E-state index contributed by atoms with van der Waals surface area (Å²) in [5, 5.41) is -0.268. The molecule has 0 radical (unpaired) electrons. The molecule has 0 spiro atoms. The molecule has 0 N–H and O–H groups in total. The highest BCUT2D eigenvalue weighted by Gasteiger charge is 2.32. The summed E-state index contributed by atoms with van der Waals surface area (Å²) in [5.41, 5.74) is 1.17. The standard InChI is InChI=1S/C17H24ClFN2/c1-11(18)15-20-14-12(19)8-7-9-13(14)21(15)17(5,6)10-16(2,3)4/h7-9,11H,10H2,1-6H3. The fourth-order valence-electron chi connectivity index (χ4n) is 3.36. The Morgan fingerprint density at radius 3 is 2.38 bits per heavy atom. The Hall–Kier alpha value is -1.09. The Bertz CT molecular complexity index is 651. The zero-order valence-corrected chi connectivity index (χ0v) is 14.4. The van der Waals surface area contributed by atoms with Gasteiger partial charge in [0.05, 0.1) is 10.9 Å². The minimum atomic E-state index is -0.295. The molecule has 0 aliphatic carbocycles.